The van der Waals surface area contributed by atoms with Gasteiger partial charge in [0, 0.05) is 12.7 Å². The minimum absolute atomic E-state index is 0.0232. The van der Waals surface area contributed by atoms with Crippen molar-refractivity contribution >= 4 is 15.8 Å². The van der Waals surface area contributed by atoms with E-state index >= 15 is 0 Å². The predicted molar refractivity (Wildman–Crippen MR) is 77.9 cm³/mol. The van der Waals surface area contributed by atoms with Crippen LogP contribution in [0.1, 0.15) is 30.5 Å². The van der Waals surface area contributed by atoms with Gasteiger partial charge in [-0.25, -0.2) is 8.42 Å². The topological polar surface area (TPSA) is 99.4 Å². The molecule has 2 N–H and O–H groups in total. The summed E-state index contributed by atoms with van der Waals surface area (Å²) >= 11 is 0. The molecule has 0 unspecified atom stereocenters. The molecule has 21 heavy (non-hydrogen) atoms. The second-order valence-electron chi connectivity index (χ2n) is 5.64. The lowest BCUT2D eigenvalue weighted by atomic mass is 10.1. The highest BCUT2D eigenvalue weighted by Gasteiger charge is 2.47. The smallest absolute Gasteiger partial charge is 0.306 e. The van der Waals surface area contributed by atoms with Crippen molar-refractivity contribution in [2.75, 3.05) is 12.9 Å². The Morgan fingerprint density at radius 2 is 2.19 bits per heavy atom. The van der Waals surface area contributed by atoms with E-state index in [0.29, 0.717) is 11.3 Å². The van der Waals surface area contributed by atoms with Gasteiger partial charge in [0.2, 0.25) is 0 Å². The molecular formula is C14H20N2O4S. The molecular weight excluding hydrogens is 292 g/mol. The fraction of sp³-hybridized carbons (Fsp3) is 0.571. The summed E-state index contributed by atoms with van der Waals surface area (Å²) in [5, 5.41) is 0. The number of esters is 1. The Bertz CT molecular complexity index is 624. The Kier molecular flexibility index (Phi) is 4.63. The van der Waals surface area contributed by atoms with Crippen LogP contribution in [0.2, 0.25) is 0 Å². The third-order valence-corrected chi connectivity index (χ3v) is 5.53. The van der Waals surface area contributed by atoms with Crippen LogP contribution in [0, 0.1) is 5.41 Å². The standard InChI is InChI=1S/C14H20N2O4S/c1-20-13(17)7-14(3-4-14)10-21(18,19)9-11-2-5-16-12(6-11)8-15/h2,5-6H,3-4,7-10,15H2,1H3. The van der Waals surface area contributed by atoms with Gasteiger partial charge >= 0.3 is 5.97 Å². The quantitative estimate of drug-likeness (QED) is 0.748. The number of ether oxygens (including phenoxy) is 1. The maximum atomic E-state index is 12.3. The molecule has 6 nitrogen and oxygen atoms in total. The molecule has 2 rings (SSSR count). The number of hydrogen-bond donors (Lipinski definition) is 1. The van der Waals surface area contributed by atoms with Crippen molar-refractivity contribution < 1.29 is 17.9 Å². The summed E-state index contributed by atoms with van der Waals surface area (Å²) in [5.74, 6) is -0.377. The molecule has 0 amide bonds. The molecule has 1 aromatic rings. The molecule has 116 valence electrons. The number of sulfone groups is 1. The van der Waals surface area contributed by atoms with Gasteiger partial charge in [-0.15, -0.1) is 0 Å². The Labute approximate surface area is 124 Å². The van der Waals surface area contributed by atoms with Gasteiger partial charge in [0.1, 0.15) is 0 Å². The van der Waals surface area contributed by atoms with Gasteiger partial charge in [-0.05, 0) is 36.0 Å². The lowest BCUT2D eigenvalue weighted by molar-refractivity contribution is -0.141. The summed E-state index contributed by atoms with van der Waals surface area (Å²) in [7, 11) is -1.97. The van der Waals surface area contributed by atoms with Gasteiger partial charge in [0.15, 0.2) is 9.84 Å². The summed E-state index contributed by atoms with van der Waals surface area (Å²) in [5.41, 5.74) is 6.43. The number of aromatic nitrogens is 1. The van der Waals surface area contributed by atoms with E-state index in [2.05, 4.69) is 9.72 Å². The van der Waals surface area contributed by atoms with Gasteiger partial charge in [0.05, 0.1) is 30.7 Å². The zero-order valence-electron chi connectivity index (χ0n) is 12.0. The fourth-order valence-electron chi connectivity index (χ4n) is 2.43. The molecule has 1 fully saturated rings. The Morgan fingerprint density at radius 1 is 1.48 bits per heavy atom. The lowest BCUT2D eigenvalue weighted by Gasteiger charge is -2.14. The van der Waals surface area contributed by atoms with Crippen molar-refractivity contribution in [2.24, 2.45) is 11.1 Å². The van der Waals surface area contributed by atoms with Crippen molar-refractivity contribution in [1.29, 1.82) is 0 Å². The molecule has 0 bridgehead atoms. The Hall–Kier alpha value is -1.47. The summed E-state index contributed by atoms with van der Waals surface area (Å²) in [6.07, 6.45) is 3.25. The Morgan fingerprint density at radius 3 is 2.76 bits per heavy atom. The van der Waals surface area contributed by atoms with E-state index in [1.165, 1.54) is 7.11 Å². The number of nitrogens with zero attached hydrogens (tertiary/aromatic N) is 1. The van der Waals surface area contributed by atoms with Crippen molar-refractivity contribution in [3.63, 3.8) is 0 Å². The highest BCUT2D eigenvalue weighted by atomic mass is 32.2. The van der Waals surface area contributed by atoms with E-state index in [1.807, 2.05) is 0 Å². The minimum atomic E-state index is -3.29. The van der Waals surface area contributed by atoms with Crippen LogP contribution >= 0.6 is 0 Å². The molecule has 1 aliphatic rings. The summed E-state index contributed by atoms with van der Waals surface area (Å²) in [4.78, 5) is 15.4. The molecule has 0 aromatic carbocycles. The highest BCUT2D eigenvalue weighted by molar-refractivity contribution is 7.90. The molecule has 0 radical (unpaired) electrons. The molecule has 0 atom stereocenters. The van der Waals surface area contributed by atoms with Crippen molar-refractivity contribution in [3.8, 4) is 0 Å². The van der Waals surface area contributed by atoms with E-state index in [1.54, 1.807) is 18.3 Å². The van der Waals surface area contributed by atoms with E-state index in [0.717, 1.165) is 12.8 Å². The number of methoxy groups -OCH3 is 1. The summed E-state index contributed by atoms with van der Waals surface area (Å²) in [6.45, 7) is 0.278. The van der Waals surface area contributed by atoms with Crippen LogP contribution in [0.15, 0.2) is 18.3 Å². The lowest BCUT2D eigenvalue weighted by Crippen LogP contribution is -2.22. The average molecular weight is 312 g/mol. The molecule has 1 heterocycles. The largest absolute Gasteiger partial charge is 0.469 e. The van der Waals surface area contributed by atoms with E-state index < -0.39 is 15.3 Å². The maximum absolute atomic E-state index is 12.3. The monoisotopic (exact) mass is 312 g/mol. The second kappa shape index (κ2) is 6.11. The number of rotatable bonds is 7. The number of pyridine rings is 1. The molecule has 0 saturated heterocycles. The van der Waals surface area contributed by atoms with Crippen LogP contribution < -0.4 is 5.73 Å². The maximum Gasteiger partial charge on any atom is 0.306 e. The first-order valence-corrected chi connectivity index (χ1v) is 8.61. The molecule has 7 heteroatoms. The fourth-order valence-corrected chi connectivity index (χ4v) is 4.54. The molecule has 0 spiro atoms. The van der Waals surface area contributed by atoms with Crippen molar-refractivity contribution in [3.05, 3.63) is 29.6 Å². The van der Waals surface area contributed by atoms with Gasteiger partial charge in [-0.3, -0.25) is 9.78 Å². The van der Waals surface area contributed by atoms with Crippen LogP contribution in [-0.2, 0) is 31.7 Å². The number of carbonyl (C=O) groups excluding carboxylic acids is 1. The van der Waals surface area contributed by atoms with Crippen LogP contribution in [0.4, 0.5) is 0 Å². The normalized spacial score (nSPS) is 16.5. The zero-order valence-corrected chi connectivity index (χ0v) is 12.9. The Balaban J connectivity index is 2.03. The van der Waals surface area contributed by atoms with Crippen LogP contribution in [0.5, 0.6) is 0 Å². The van der Waals surface area contributed by atoms with Crippen LogP contribution in [0.25, 0.3) is 0 Å². The van der Waals surface area contributed by atoms with Gasteiger partial charge in [0.25, 0.3) is 0 Å². The third-order valence-electron chi connectivity index (χ3n) is 3.71. The highest BCUT2D eigenvalue weighted by Crippen LogP contribution is 2.50. The van der Waals surface area contributed by atoms with Crippen molar-refractivity contribution in [2.45, 2.75) is 31.6 Å². The first-order chi connectivity index (χ1) is 9.88. The number of carbonyl (C=O) groups is 1. The first-order valence-electron chi connectivity index (χ1n) is 6.79. The molecule has 1 saturated carbocycles. The SMILES string of the molecule is COC(=O)CC1(CS(=O)(=O)Cc2ccnc(CN)c2)CC1. The van der Waals surface area contributed by atoms with Gasteiger partial charge < -0.3 is 10.5 Å². The minimum Gasteiger partial charge on any atom is -0.469 e. The number of hydrogen-bond acceptors (Lipinski definition) is 6. The van der Waals surface area contributed by atoms with Crippen LogP contribution in [-0.4, -0.2) is 32.2 Å². The molecule has 0 aliphatic heterocycles. The summed E-state index contributed by atoms with van der Waals surface area (Å²) in [6, 6.07) is 3.38. The predicted octanol–water partition coefficient (Wildman–Crippen LogP) is 0.798. The average Bonchev–Trinajstić information content (AvgIpc) is 3.16. The second-order valence-corrected chi connectivity index (χ2v) is 7.71. The van der Waals surface area contributed by atoms with E-state index in [9.17, 15) is 13.2 Å². The third kappa shape index (κ3) is 4.50. The van der Waals surface area contributed by atoms with E-state index in [-0.39, 0.29) is 30.4 Å². The van der Waals surface area contributed by atoms with E-state index in [4.69, 9.17) is 5.73 Å². The molecule has 1 aliphatic carbocycles. The first kappa shape index (κ1) is 15.9. The zero-order chi connectivity index (χ0) is 15.5. The van der Waals surface area contributed by atoms with Crippen LogP contribution in [0.3, 0.4) is 0 Å². The van der Waals surface area contributed by atoms with Gasteiger partial charge in [-0.2, -0.15) is 0 Å². The number of nitrogens with two attached hydrogens (primary N) is 1. The molecule has 1 aromatic heterocycles. The summed E-state index contributed by atoms with van der Waals surface area (Å²) < 4.78 is 29.3. The van der Waals surface area contributed by atoms with Gasteiger partial charge in [-0.1, -0.05) is 0 Å². The van der Waals surface area contributed by atoms with Crippen molar-refractivity contribution in [1.82, 2.24) is 4.98 Å².